The molecule has 1 N–H and O–H groups in total. The average Bonchev–Trinajstić information content (AvgIpc) is 3.21. The van der Waals surface area contributed by atoms with E-state index in [1.54, 1.807) is 0 Å². The molecule has 0 aromatic carbocycles. The van der Waals surface area contributed by atoms with E-state index in [9.17, 15) is 0 Å². The van der Waals surface area contributed by atoms with Gasteiger partial charge in [0.25, 0.3) is 0 Å². The maximum Gasteiger partial charge on any atom is 0.125 e. The van der Waals surface area contributed by atoms with Crippen LogP contribution in [0.25, 0.3) is 0 Å². The molecular formula is C17H30N2OS. The van der Waals surface area contributed by atoms with Crippen LogP contribution in [0.2, 0.25) is 0 Å². The summed E-state index contributed by atoms with van der Waals surface area (Å²) >= 11 is 1.85. The Morgan fingerprint density at radius 2 is 2.00 bits per heavy atom. The van der Waals surface area contributed by atoms with Crippen molar-refractivity contribution in [2.75, 3.05) is 7.11 Å². The molecule has 0 aliphatic heterocycles. The summed E-state index contributed by atoms with van der Waals surface area (Å²) in [7, 11) is 1.82. The first-order valence-corrected chi connectivity index (χ1v) is 9.13. The van der Waals surface area contributed by atoms with E-state index in [4.69, 9.17) is 9.72 Å². The molecule has 1 aromatic heterocycles. The predicted molar refractivity (Wildman–Crippen MR) is 89.8 cm³/mol. The van der Waals surface area contributed by atoms with Crippen LogP contribution in [0.3, 0.4) is 0 Å². The second-order valence-corrected chi connectivity index (χ2v) is 7.63. The van der Waals surface area contributed by atoms with Gasteiger partial charge in [0.05, 0.1) is 5.69 Å². The van der Waals surface area contributed by atoms with Gasteiger partial charge in [-0.05, 0) is 38.0 Å². The van der Waals surface area contributed by atoms with Crippen molar-refractivity contribution in [2.24, 2.45) is 5.92 Å². The molecule has 0 amide bonds. The van der Waals surface area contributed by atoms with Gasteiger partial charge in [-0.1, -0.05) is 27.7 Å². The number of rotatable bonds is 9. The summed E-state index contributed by atoms with van der Waals surface area (Å²) in [5.74, 6) is 0.639. The summed E-state index contributed by atoms with van der Waals surface area (Å²) in [6.07, 6.45) is 5.67. The van der Waals surface area contributed by atoms with Crippen molar-refractivity contribution < 1.29 is 4.74 Å². The minimum Gasteiger partial charge on any atom is -0.371 e. The summed E-state index contributed by atoms with van der Waals surface area (Å²) in [4.78, 5) is 6.40. The summed E-state index contributed by atoms with van der Waals surface area (Å²) in [5, 5.41) is 4.80. The lowest BCUT2D eigenvalue weighted by Crippen LogP contribution is -2.26. The Balaban J connectivity index is 2.24. The van der Waals surface area contributed by atoms with Crippen molar-refractivity contribution in [2.45, 2.75) is 78.0 Å². The molecule has 1 fully saturated rings. The summed E-state index contributed by atoms with van der Waals surface area (Å²) < 4.78 is 5.86. The number of hydrogen-bond donors (Lipinski definition) is 1. The van der Waals surface area contributed by atoms with Gasteiger partial charge >= 0.3 is 0 Å². The Bertz CT molecular complexity index is 439. The average molecular weight is 311 g/mol. The van der Waals surface area contributed by atoms with Crippen molar-refractivity contribution in [3.8, 4) is 0 Å². The van der Waals surface area contributed by atoms with Crippen LogP contribution >= 0.6 is 11.3 Å². The molecule has 1 aromatic rings. The zero-order chi connectivity index (χ0) is 15.5. The minimum absolute atomic E-state index is 0.200. The first-order valence-electron chi connectivity index (χ1n) is 8.32. The lowest BCUT2D eigenvalue weighted by Gasteiger charge is -2.27. The number of thiazole rings is 1. The van der Waals surface area contributed by atoms with Crippen molar-refractivity contribution in [1.82, 2.24) is 10.3 Å². The van der Waals surface area contributed by atoms with Crippen LogP contribution in [0.4, 0.5) is 0 Å². The van der Waals surface area contributed by atoms with Gasteiger partial charge in [0.2, 0.25) is 0 Å². The number of methoxy groups -OCH3 is 1. The van der Waals surface area contributed by atoms with E-state index in [0.717, 1.165) is 31.8 Å². The van der Waals surface area contributed by atoms with Crippen LogP contribution in [0, 0.1) is 5.92 Å². The quantitative estimate of drug-likeness (QED) is 0.740. The third-order valence-corrected chi connectivity index (χ3v) is 5.71. The van der Waals surface area contributed by atoms with Gasteiger partial charge in [0.15, 0.2) is 0 Å². The maximum atomic E-state index is 5.86. The molecule has 4 heteroatoms. The Morgan fingerprint density at radius 3 is 2.48 bits per heavy atom. The highest BCUT2D eigenvalue weighted by Gasteiger charge is 2.33. The summed E-state index contributed by atoms with van der Waals surface area (Å²) in [5.41, 5.74) is 1.08. The van der Waals surface area contributed by atoms with E-state index >= 15 is 0 Å². The van der Waals surface area contributed by atoms with Crippen molar-refractivity contribution in [3.63, 3.8) is 0 Å². The van der Waals surface area contributed by atoms with Gasteiger partial charge < -0.3 is 10.1 Å². The third kappa shape index (κ3) is 4.05. The maximum absolute atomic E-state index is 5.86. The van der Waals surface area contributed by atoms with Gasteiger partial charge in [-0.2, -0.15) is 0 Å². The van der Waals surface area contributed by atoms with Gasteiger partial charge in [-0.3, -0.25) is 0 Å². The molecule has 0 saturated heterocycles. The molecule has 21 heavy (non-hydrogen) atoms. The second-order valence-electron chi connectivity index (χ2n) is 6.55. The van der Waals surface area contributed by atoms with Crippen LogP contribution in [-0.2, 0) is 23.3 Å². The Morgan fingerprint density at radius 1 is 1.33 bits per heavy atom. The van der Waals surface area contributed by atoms with E-state index in [1.807, 2.05) is 18.4 Å². The van der Waals surface area contributed by atoms with Crippen molar-refractivity contribution >= 4 is 11.3 Å². The van der Waals surface area contributed by atoms with Gasteiger partial charge in [-0.25, -0.2) is 4.98 Å². The minimum atomic E-state index is -0.200. The monoisotopic (exact) mass is 310 g/mol. The van der Waals surface area contributed by atoms with Crippen LogP contribution in [-0.4, -0.2) is 18.1 Å². The van der Waals surface area contributed by atoms with Crippen LogP contribution in [0.1, 0.15) is 69.0 Å². The number of nitrogens with one attached hydrogen (secondary N) is 1. The molecule has 2 rings (SSSR count). The van der Waals surface area contributed by atoms with E-state index in [-0.39, 0.29) is 5.60 Å². The second kappa shape index (κ2) is 7.21. The summed E-state index contributed by atoms with van der Waals surface area (Å²) in [6.45, 7) is 9.88. The Hall–Kier alpha value is -0.450. The fourth-order valence-electron chi connectivity index (χ4n) is 2.72. The molecule has 0 unspecified atom stereocenters. The first-order chi connectivity index (χ1) is 10.0. The van der Waals surface area contributed by atoms with E-state index < -0.39 is 0 Å². The largest absolute Gasteiger partial charge is 0.371 e. The molecule has 1 heterocycles. The fourth-order valence-corrected chi connectivity index (χ4v) is 4.06. The summed E-state index contributed by atoms with van der Waals surface area (Å²) in [6, 6.07) is 0.743. The molecule has 0 atom stereocenters. The van der Waals surface area contributed by atoms with Crippen molar-refractivity contribution in [3.05, 3.63) is 15.6 Å². The lowest BCUT2D eigenvalue weighted by molar-refractivity contribution is -0.0220. The van der Waals surface area contributed by atoms with Gasteiger partial charge in [0, 0.05) is 24.6 Å². The molecule has 3 nitrogen and oxygen atoms in total. The first kappa shape index (κ1) is 16.9. The number of ether oxygens (including phenoxy) is 1. The SMILES string of the molecule is CCC(CC)(OC)c1nc(CC(C)C)c(CNC2CC2)s1. The van der Waals surface area contributed by atoms with Crippen LogP contribution in [0.15, 0.2) is 0 Å². The molecule has 0 radical (unpaired) electrons. The normalized spacial score (nSPS) is 15.9. The van der Waals surface area contributed by atoms with Gasteiger partial charge in [0.1, 0.15) is 10.6 Å². The number of aromatic nitrogens is 1. The molecule has 0 spiro atoms. The van der Waals surface area contributed by atoms with Crippen molar-refractivity contribution in [1.29, 1.82) is 0 Å². The third-order valence-electron chi connectivity index (χ3n) is 4.43. The molecule has 1 aliphatic carbocycles. The molecule has 1 saturated carbocycles. The lowest BCUT2D eigenvalue weighted by atomic mass is 9.98. The van der Waals surface area contributed by atoms with E-state index in [0.29, 0.717) is 5.92 Å². The number of nitrogens with zero attached hydrogens (tertiary/aromatic N) is 1. The van der Waals surface area contributed by atoms with Gasteiger partial charge in [-0.15, -0.1) is 11.3 Å². The zero-order valence-electron chi connectivity index (χ0n) is 14.2. The fraction of sp³-hybridized carbons (Fsp3) is 0.824. The van der Waals surface area contributed by atoms with E-state index in [2.05, 4.69) is 33.0 Å². The molecular weight excluding hydrogens is 280 g/mol. The highest BCUT2D eigenvalue weighted by Crippen LogP contribution is 2.37. The molecule has 0 bridgehead atoms. The van der Waals surface area contributed by atoms with E-state index in [1.165, 1.54) is 28.4 Å². The highest BCUT2D eigenvalue weighted by molar-refractivity contribution is 7.11. The highest BCUT2D eigenvalue weighted by atomic mass is 32.1. The number of hydrogen-bond acceptors (Lipinski definition) is 4. The standard InChI is InChI=1S/C17H30N2OS/c1-6-17(7-2,20-5)16-19-14(10-12(3)4)15(21-16)11-18-13-8-9-13/h12-13,18H,6-11H2,1-5H3. The molecule has 1 aliphatic rings. The smallest absolute Gasteiger partial charge is 0.125 e. The van der Waals surface area contributed by atoms with Crippen LogP contribution < -0.4 is 5.32 Å². The topological polar surface area (TPSA) is 34.1 Å². The predicted octanol–water partition coefficient (Wildman–Crippen LogP) is 4.26. The Kier molecular flexibility index (Phi) is 5.81. The Labute approximate surface area is 133 Å². The molecule has 120 valence electrons. The zero-order valence-corrected chi connectivity index (χ0v) is 15.0. The van der Waals surface area contributed by atoms with Crippen LogP contribution in [0.5, 0.6) is 0 Å².